The van der Waals surface area contributed by atoms with Gasteiger partial charge >= 0.3 is 0 Å². The third kappa shape index (κ3) is 5.08. The summed E-state index contributed by atoms with van der Waals surface area (Å²) in [7, 11) is 0. The standard InChI is InChI=1S/C17H32N2O/c1-2-3-5-14-7-9-15(10-8-14)17(20)19-13-11-16-6-4-12-18-16/h14-16,18H,2-13H2,1H3,(H,19,20)/t14?,15?,16-/m0/s1. The maximum Gasteiger partial charge on any atom is 0.223 e. The highest BCUT2D eigenvalue weighted by Crippen LogP contribution is 2.31. The molecule has 116 valence electrons. The maximum atomic E-state index is 12.2. The van der Waals surface area contributed by atoms with Gasteiger partial charge in [-0.25, -0.2) is 0 Å². The van der Waals surface area contributed by atoms with Gasteiger partial charge in [0.05, 0.1) is 0 Å². The molecule has 3 heteroatoms. The summed E-state index contributed by atoms with van der Waals surface area (Å²) in [6.45, 7) is 4.27. The van der Waals surface area contributed by atoms with Gasteiger partial charge in [0.15, 0.2) is 0 Å². The number of unbranched alkanes of at least 4 members (excludes halogenated alkanes) is 1. The Morgan fingerprint density at radius 3 is 2.60 bits per heavy atom. The van der Waals surface area contributed by atoms with Crippen molar-refractivity contribution in [2.24, 2.45) is 11.8 Å². The summed E-state index contributed by atoms with van der Waals surface area (Å²) in [4.78, 5) is 12.2. The second kappa shape index (κ2) is 8.66. The molecule has 2 rings (SSSR count). The predicted octanol–water partition coefficient (Wildman–Crippen LogP) is 3.24. The number of nitrogens with one attached hydrogen (secondary N) is 2. The minimum Gasteiger partial charge on any atom is -0.356 e. The van der Waals surface area contributed by atoms with E-state index in [0.29, 0.717) is 17.9 Å². The summed E-state index contributed by atoms with van der Waals surface area (Å²) in [5.41, 5.74) is 0. The Morgan fingerprint density at radius 2 is 1.95 bits per heavy atom. The van der Waals surface area contributed by atoms with Gasteiger partial charge in [0.25, 0.3) is 0 Å². The van der Waals surface area contributed by atoms with Gasteiger partial charge in [-0.1, -0.05) is 26.2 Å². The minimum atomic E-state index is 0.296. The highest BCUT2D eigenvalue weighted by atomic mass is 16.1. The molecule has 1 atom stereocenters. The van der Waals surface area contributed by atoms with E-state index in [-0.39, 0.29) is 0 Å². The highest BCUT2D eigenvalue weighted by molar-refractivity contribution is 5.78. The van der Waals surface area contributed by atoms with Crippen LogP contribution in [0.25, 0.3) is 0 Å². The zero-order valence-corrected chi connectivity index (χ0v) is 13.1. The van der Waals surface area contributed by atoms with Crippen molar-refractivity contribution in [1.82, 2.24) is 10.6 Å². The fourth-order valence-electron chi connectivity index (χ4n) is 3.72. The molecule has 1 saturated carbocycles. The lowest BCUT2D eigenvalue weighted by Crippen LogP contribution is -2.36. The number of rotatable bonds is 7. The summed E-state index contributed by atoms with van der Waals surface area (Å²) in [5, 5.41) is 6.64. The normalized spacial score (nSPS) is 30.4. The summed E-state index contributed by atoms with van der Waals surface area (Å²) >= 11 is 0. The van der Waals surface area contributed by atoms with E-state index < -0.39 is 0 Å². The van der Waals surface area contributed by atoms with Crippen LogP contribution in [-0.2, 0) is 4.79 Å². The Labute approximate surface area is 124 Å². The first-order valence-electron chi connectivity index (χ1n) is 8.80. The SMILES string of the molecule is CCCCC1CCC(C(=O)NCC[C@@H]2CCCN2)CC1. The average molecular weight is 280 g/mol. The van der Waals surface area contributed by atoms with Crippen LogP contribution in [-0.4, -0.2) is 25.0 Å². The van der Waals surface area contributed by atoms with Crippen LogP contribution in [0.4, 0.5) is 0 Å². The minimum absolute atomic E-state index is 0.296. The summed E-state index contributed by atoms with van der Waals surface area (Å²) in [5.74, 6) is 1.50. The van der Waals surface area contributed by atoms with Crippen molar-refractivity contribution in [2.75, 3.05) is 13.1 Å². The molecule has 2 N–H and O–H groups in total. The van der Waals surface area contributed by atoms with Crippen LogP contribution in [0, 0.1) is 11.8 Å². The van der Waals surface area contributed by atoms with Crippen molar-refractivity contribution in [3.63, 3.8) is 0 Å². The first kappa shape index (κ1) is 15.8. The molecule has 2 aliphatic rings. The van der Waals surface area contributed by atoms with E-state index in [2.05, 4.69) is 17.6 Å². The lowest BCUT2D eigenvalue weighted by atomic mass is 9.79. The molecule has 0 unspecified atom stereocenters. The first-order chi connectivity index (χ1) is 9.79. The largest absolute Gasteiger partial charge is 0.356 e. The second-order valence-electron chi connectivity index (χ2n) is 6.73. The topological polar surface area (TPSA) is 41.1 Å². The molecular weight excluding hydrogens is 248 g/mol. The summed E-state index contributed by atoms with van der Waals surface area (Å²) in [6.07, 6.45) is 12.5. The zero-order valence-electron chi connectivity index (χ0n) is 13.1. The maximum absolute atomic E-state index is 12.2. The van der Waals surface area contributed by atoms with Crippen LogP contribution in [0.15, 0.2) is 0 Å². The number of hydrogen-bond acceptors (Lipinski definition) is 2. The fourth-order valence-corrected chi connectivity index (χ4v) is 3.72. The van der Waals surface area contributed by atoms with Crippen LogP contribution in [0.3, 0.4) is 0 Å². The van der Waals surface area contributed by atoms with Crippen molar-refractivity contribution >= 4 is 5.91 Å². The third-order valence-electron chi connectivity index (χ3n) is 5.14. The molecule has 1 aliphatic heterocycles. The Hall–Kier alpha value is -0.570. The van der Waals surface area contributed by atoms with Gasteiger partial charge in [-0.15, -0.1) is 0 Å². The van der Waals surface area contributed by atoms with Gasteiger partial charge in [0.1, 0.15) is 0 Å². The van der Waals surface area contributed by atoms with E-state index in [1.165, 1.54) is 44.9 Å². The molecule has 0 aromatic rings. The van der Waals surface area contributed by atoms with E-state index in [0.717, 1.165) is 38.3 Å². The molecule has 1 amide bonds. The van der Waals surface area contributed by atoms with E-state index in [1.54, 1.807) is 0 Å². The fraction of sp³-hybridized carbons (Fsp3) is 0.941. The molecule has 0 aromatic heterocycles. The van der Waals surface area contributed by atoms with Gasteiger partial charge < -0.3 is 10.6 Å². The van der Waals surface area contributed by atoms with Crippen LogP contribution < -0.4 is 10.6 Å². The Bertz CT molecular complexity index is 279. The van der Waals surface area contributed by atoms with Crippen LogP contribution in [0.2, 0.25) is 0 Å². The number of hydrogen-bond donors (Lipinski definition) is 2. The van der Waals surface area contributed by atoms with Crippen LogP contribution >= 0.6 is 0 Å². The average Bonchev–Trinajstić information content (AvgIpc) is 2.99. The van der Waals surface area contributed by atoms with Gasteiger partial charge in [-0.2, -0.15) is 0 Å². The third-order valence-corrected chi connectivity index (χ3v) is 5.14. The quantitative estimate of drug-likeness (QED) is 0.751. The Kier molecular flexibility index (Phi) is 6.85. The van der Waals surface area contributed by atoms with Crippen LogP contribution in [0.5, 0.6) is 0 Å². The lowest BCUT2D eigenvalue weighted by Gasteiger charge is -2.27. The summed E-state index contributed by atoms with van der Waals surface area (Å²) in [6, 6.07) is 0.639. The molecule has 1 aliphatic carbocycles. The van der Waals surface area contributed by atoms with Crippen molar-refractivity contribution in [3.05, 3.63) is 0 Å². The molecule has 1 saturated heterocycles. The molecule has 1 heterocycles. The number of carbonyl (C=O) groups is 1. The monoisotopic (exact) mass is 280 g/mol. The van der Waals surface area contributed by atoms with E-state index >= 15 is 0 Å². The van der Waals surface area contributed by atoms with Crippen molar-refractivity contribution in [3.8, 4) is 0 Å². The first-order valence-corrected chi connectivity index (χ1v) is 8.80. The van der Waals surface area contributed by atoms with E-state index in [1.807, 2.05) is 0 Å². The molecular formula is C17H32N2O. The van der Waals surface area contributed by atoms with Crippen molar-refractivity contribution in [2.45, 2.75) is 77.2 Å². The molecule has 0 radical (unpaired) electrons. The summed E-state index contributed by atoms with van der Waals surface area (Å²) < 4.78 is 0. The van der Waals surface area contributed by atoms with Gasteiger partial charge in [0, 0.05) is 18.5 Å². The number of amides is 1. The molecule has 0 bridgehead atoms. The molecule has 20 heavy (non-hydrogen) atoms. The highest BCUT2D eigenvalue weighted by Gasteiger charge is 2.25. The second-order valence-corrected chi connectivity index (χ2v) is 6.73. The van der Waals surface area contributed by atoms with Gasteiger partial charge in [0.2, 0.25) is 5.91 Å². The van der Waals surface area contributed by atoms with Crippen molar-refractivity contribution < 1.29 is 4.79 Å². The van der Waals surface area contributed by atoms with E-state index in [9.17, 15) is 4.79 Å². The molecule has 0 aromatic carbocycles. The number of carbonyl (C=O) groups excluding carboxylic acids is 1. The molecule has 2 fully saturated rings. The van der Waals surface area contributed by atoms with E-state index in [4.69, 9.17) is 0 Å². The predicted molar refractivity (Wildman–Crippen MR) is 83.6 cm³/mol. The van der Waals surface area contributed by atoms with Crippen molar-refractivity contribution in [1.29, 1.82) is 0 Å². The lowest BCUT2D eigenvalue weighted by molar-refractivity contribution is -0.126. The molecule has 0 spiro atoms. The van der Waals surface area contributed by atoms with Gasteiger partial charge in [-0.3, -0.25) is 4.79 Å². The zero-order chi connectivity index (χ0) is 14.2. The van der Waals surface area contributed by atoms with Gasteiger partial charge in [-0.05, 0) is 57.4 Å². The van der Waals surface area contributed by atoms with Crippen LogP contribution in [0.1, 0.15) is 71.1 Å². The Balaban J connectivity index is 1.56. The molecule has 3 nitrogen and oxygen atoms in total. The smallest absolute Gasteiger partial charge is 0.223 e. The Morgan fingerprint density at radius 1 is 1.15 bits per heavy atom.